The summed E-state index contributed by atoms with van der Waals surface area (Å²) in [5, 5.41) is 9.70. The first-order valence-corrected chi connectivity index (χ1v) is 5.88. The quantitative estimate of drug-likeness (QED) is 0.839. The highest BCUT2D eigenvalue weighted by molar-refractivity contribution is 6.06. The van der Waals surface area contributed by atoms with Crippen LogP contribution in [0.3, 0.4) is 0 Å². The summed E-state index contributed by atoms with van der Waals surface area (Å²) in [5.41, 5.74) is 6.52. The van der Waals surface area contributed by atoms with E-state index in [9.17, 15) is 9.90 Å². The van der Waals surface area contributed by atoms with Gasteiger partial charge in [0.2, 0.25) is 0 Å². The Labute approximate surface area is 103 Å². The van der Waals surface area contributed by atoms with Gasteiger partial charge in [-0.15, -0.1) is 0 Å². The van der Waals surface area contributed by atoms with Gasteiger partial charge in [-0.1, -0.05) is 0 Å². The predicted molar refractivity (Wildman–Crippen MR) is 66.4 cm³/mol. The third kappa shape index (κ3) is 1.32. The molecule has 0 amide bonds. The molecule has 0 atom stereocenters. The van der Waals surface area contributed by atoms with E-state index in [1.165, 1.54) is 6.33 Å². The third-order valence-corrected chi connectivity index (χ3v) is 3.86. The molecule has 2 aromatic rings. The Kier molecular flexibility index (Phi) is 2.10. The molecule has 94 valence electrons. The lowest BCUT2D eigenvalue weighted by molar-refractivity contribution is 0.0698. The van der Waals surface area contributed by atoms with Gasteiger partial charge in [-0.25, -0.2) is 14.8 Å². The maximum atomic E-state index is 11.3. The molecule has 3 N–H and O–H groups in total. The van der Waals surface area contributed by atoms with Crippen molar-refractivity contribution in [1.82, 2.24) is 14.5 Å². The molecule has 6 nitrogen and oxygen atoms in total. The number of carboxylic acids is 1. The first-order chi connectivity index (χ1) is 8.53. The minimum absolute atomic E-state index is 0.0489. The van der Waals surface area contributed by atoms with E-state index in [0.717, 1.165) is 19.3 Å². The first-order valence-electron chi connectivity index (χ1n) is 5.88. The molecule has 1 aliphatic rings. The molecule has 0 aromatic carbocycles. The molecule has 1 fully saturated rings. The second kappa shape index (κ2) is 3.44. The van der Waals surface area contributed by atoms with E-state index < -0.39 is 5.97 Å². The zero-order valence-corrected chi connectivity index (χ0v) is 10.1. The molecular formula is C12H14N4O2. The Morgan fingerprint density at radius 2 is 2.22 bits per heavy atom. The molecule has 6 heteroatoms. The Balaban J connectivity index is 2.34. The van der Waals surface area contributed by atoms with Gasteiger partial charge in [0.05, 0.1) is 10.9 Å². The number of anilines is 1. The fourth-order valence-corrected chi connectivity index (χ4v) is 2.59. The molecule has 3 rings (SSSR count). The molecule has 18 heavy (non-hydrogen) atoms. The smallest absolute Gasteiger partial charge is 0.338 e. The summed E-state index contributed by atoms with van der Waals surface area (Å²) >= 11 is 0. The average molecular weight is 246 g/mol. The van der Waals surface area contributed by atoms with Crippen LogP contribution in [0.5, 0.6) is 0 Å². The van der Waals surface area contributed by atoms with Gasteiger partial charge >= 0.3 is 5.97 Å². The second-order valence-corrected chi connectivity index (χ2v) is 5.03. The number of rotatable bonds is 2. The highest BCUT2D eigenvalue weighted by atomic mass is 16.4. The molecule has 0 radical (unpaired) electrons. The normalized spacial score (nSPS) is 17.6. The SMILES string of the molecule is CC1(n2cc(C(=O)O)c3c(N)ncnc32)CCC1. The zero-order chi connectivity index (χ0) is 12.9. The number of carbonyl (C=O) groups is 1. The van der Waals surface area contributed by atoms with Crippen LogP contribution in [0.1, 0.15) is 36.5 Å². The van der Waals surface area contributed by atoms with Gasteiger partial charge in [0.1, 0.15) is 17.8 Å². The van der Waals surface area contributed by atoms with Crippen LogP contribution in [-0.4, -0.2) is 25.6 Å². The first kappa shape index (κ1) is 11.0. The van der Waals surface area contributed by atoms with Gasteiger partial charge in [-0.2, -0.15) is 0 Å². The molecule has 0 saturated heterocycles. The van der Waals surface area contributed by atoms with E-state index in [1.54, 1.807) is 6.20 Å². The number of hydrogen-bond acceptors (Lipinski definition) is 4. The fraction of sp³-hybridized carbons (Fsp3) is 0.417. The van der Waals surface area contributed by atoms with Crippen molar-refractivity contribution < 1.29 is 9.90 Å². The van der Waals surface area contributed by atoms with Gasteiger partial charge in [0, 0.05) is 11.7 Å². The van der Waals surface area contributed by atoms with Crippen molar-refractivity contribution in [2.75, 3.05) is 5.73 Å². The largest absolute Gasteiger partial charge is 0.478 e. The summed E-state index contributed by atoms with van der Waals surface area (Å²) in [7, 11) is 0. The minimum atomic E-state index is -0.997. The molecule has 2 heterocycles. The Hall–Kier alpha value is -2.11. The molecule has 0 bridgehead atoms. The standard InChI is InChI=1S/C12H14N4O2/c1-12(3-2-4-12)16-5-7(11(17)18)8-9(13)14-6-15-10(8)16/h5-6H,2-4H2,1H3,(H,17,18)(H2,13,14,15). The van der Waals surface area contributed by atoms with Crippen LogP contribution in [-0.2, 0) is 5.54 Å². The number of nitrogen functional groups attached to an aromatic ring is 1. The van der Waals surface area contributed by atoms with Crippen LogP contribution in [0.25, 0.3) is 11.0 Å². The lowest BCUT2D eigenvalue weighted by Gasteiger charge is -2.40. The van der Waals surface area contributed by atoms with Crippen molar-refractivity contribution in [1.29, 1.82) is 0 Å². The lowest BCUT2D eigenvalue weighted by atomic mass is 9.78. The summed E-state index contributed by atoms with van der Waals surface area (Å²) in [4.78, 5) is 19.4. The van der Waals surface area contributed by atoms with Crippen molar-refractivity contribution in [3.05, 3.63) is 18.1 Å². The van der Waals surface area contributed by atoms with Crippen molar-refractivity contribution in [3.63, 3.8) is 0 Å². The van der Waals surface area contributed by atoms with Crippen LogP contribution in [0.4, 0.5) is 5.82 Å². The molecular weight excluding hydrogens is 232 g/mol. The summed E-state index contributed by atoms with van der Waals surface area (Å²) in [5.74, 6) is -0.776. The lowest BCUT2D eigenvalue weighted by Crippen LogP contribution is -2.36. The van der Waals surface area contributed by atoms with E-state index in [0.29, 0.717) is 11.0 Å². The zero-order valence-electron chi connectivity index (χ0n) is 10.1. The fourth-order valence-electron chi connectivity index (χ4n) is 2.59. The van der Waals surface area contributed by atoms with E-state index in [2.05, 4.69) is 16.9 Å². The van der Waals surface area contributed by atoms with Crippen LogP contribution in [0, 0.1) is 0 Å². The highest BCUT2D eigenvalue weighted by Crippen LogP contribution is 2.41. The summed E-state index contributed by atoms with van der Waals surface area (Å²) in [6.45, 7) is 2.11. The summed E-state index contributed by atoms with van der Waals surface area (Å²) in [6.07, 6.45) is 6.22. The van der Waals surface area contributed by atoms with E-state index in [-0.39, 0.29) is 16.9 Å². The molecule has 0 spiro atoms. The monoisotopic (exact) mass is 246 g/mol. The summed E-state index contributed by atoms with van der Waals surface area (Å²) in [6, 6.07) is 0. The number of aromatic carboxylic acids is 1. The topological polar surface area (TPSA) is 94.0 Å². The van der Waals surface area contributed by atoms with Gasteiger partial charge in [0.25, 0.3) is 0 Å². The van der Waals surface area contributed by atoms with Crippen molar-refractivity contribution in [2.45, 2.75) is 31.7 Å². The van der Waals surface area contributed by atoms with Crippen LogP contribution >= 0.6 is 0 Å². The predicted octanol–water partition coefficient (Wildman–Crippen LogP) is 1.61. The number of hydrogen-bond donors (Lipinski definition) is 2. The van der Waals surface area contributed by atoms with E-state index >= 15 is 0 Å². The highest BCUT2D eigenvalue weighted by Gasteiger charge is 2.36. The van der Waals surface area contributed by atoms with Crippen LogP contribution in [0.2, 0.25) is 0 Å². The number of aromatic nitrogens is 3. The maximum absolute atomic E-state index is 11.3. The van der Waals surface area contributed by atoms with Gasteiger partial charge in [-0.05, 0) is 26.2 Å². The molecule has 1 saturated carbocycles. The van der Waals surface area contributed by atoms with Crippen LogP contribution < -0.4 is 5.73 Å². The van der Waals surface area contributed by atoms with Crippen molar-refractivity contribution in [3.8, 4) is 0 Å². The van der Waals surface area contributed by atoms with Crippen LogP contribution in [0.15, 0.2) is 12.5 Å². The number of nitrogens with zero attached hydrogens (tertiary/aromatic N) is 3. The molecule has 0 unspecified atom stereocenters. The van der Waals surface area contributed by atoms with Gasteiger partial charge in [0.15, 0.2) is 0 Å². The second-order valence-electron chi connectivity index (χ2n) is 5.03. The molecule has 1 aliphatic carbocycles. The average Bonchev–Trinajstić information content (AvgIpc) is 2.67. The Morgan fingerprint density at radius 3 is 2.78 bits per heavy atom. The minimum Gasteiger partial charge on any atom is -0.478 e. The molecule has 2 aromatic heterocycles. The third-order valence-electron chi connectivity index (χ3n) is 3.86. The van der Waals surface area contributed by atoms with Gasteiger partial charge in [-0.3, -0.25) is 0 Å². The number of fused-ring (bicyclic) bond motifs is 1. The number of carboxylic acid groups (broad SMARTS) is 1. The van der Waals surface area contributed by atoms with E-state index in [1.807, 2.05) is 4.57 Å². The Morgan fingerprint density at radius 1 is 1.50 bits per heavy atom. The van der Waals surface area contributed by atoms with Crippen molar-refractivity contribution in [2.24, 2.45) is 0 Å². The Bertz CT molecular complexity index is 643. The number of nitrogens with two attached hydrogens (primary N) is 1. The van der Waals surface area contributed by atoms with E-state index in [4.69, 9.17) is 5.73 Å². The van der Waals surface area contributed by atoms with Gasteiger partial charge < -0.3 is 15.4 Å². The molecule has 0 aliphatic heterocycles. The van der Waals surface area contributed by atoms with Crippen molar-refractivity contribution >= 4 is 22.8 Å². The maximum Gasteiger partial charge on any atom is 0.338 e. The summed E-state index contributed by atoms with van der Waals surface area (Å²) < 4.78 is 1.94.